The van der Waals surface area contributed by atoms with Crippen LogP contribution in [0.4, 0.5) is 0 Å². The lowest BCUT2D eigenvalue weighted by Gasteiger charge is -2.29. The van der Waals surface area contributed by atoms with Gasteiger partial charge >= 0.3 is 0 Å². The Labute approximate surface area is 156 Å². The molecule has 0 aromatic carbocycles. The van der Waals surface area contributed by atoms with Gasteiger partial charge in [-0.25, -0.2) is 0 Å². The number of piperidine rings is 1. The number of thiophene rings is 1. The van der Waals surface area contributed by atoms with E-state index in [9.17, 15) is 4.79 Å². The molecular formula is C17H20Cl2N2O2S. The molecule has 1 atom stereocenters. The number of furan rings is 1. The number of nitrogens with one attached hydrogen (secondary N) is 1. The van der Waals surface area contributed by atoms with Crippen LogP contribution in [-0.4, -0.2) is 29.9 Å². The average Bonchev–Trinajstić information content (AvgIpc) is 2.97. The molecule has 24 heavy (non-hydrogen) atoms. The lowest BCUT2D eigenvalue weighted by molar-refractivity contribution is 0.0660. The fourth-order valence-electron chi connectivity index (χ4n) is 3.70. The van der Waals surface area contributed by atoms with Gasteiger partial charge in [0.2, 0.25) is 0 Å². The largest absolute Gasteiger partial charge is 0.440 e. The van der Waals surface area contributed by atoms with Crippen molar-refractivity contribution in [3.05, 3.63) is 45.5 Å². The number of rotatable bonds is 4. The molecule has 2 aliphatic rings. The van der Waals surface area contributed by atoms with Crippen molar-refractivity contribution in [2.75, 3.05) is 13.1 Å². The summed E-state index contributed by atoms with van der Waals surface area (Å²) in [4.78, 5) is 14.9. The molecule has 3 heterocycles. The molecule has 2 fully saturated rings. The quantitative estimate of drug-likeness (QED) is 0.855. The van der Waals surface area contributed by atoms with Gasteiger partial charge in [-0.05, 0) is 83.9 Å². The fraction of sp³-hybridized carbons (Fsp3) is 0.471. The van der Waals surface area contributed by atoms with Crippen LogP contribution in [0.25, 0.3) is 0 Å². The highest BCUT2D eigenvalue weighted by molar-refractivity contribution is 7.07. The van der Waals surface area contributed by atoms with Crippen LogP contribution in [0, 0.1) is 5.41 Å². The predicted octanol–water partition coefficient (Wildman–Crippen LogP) is 4.20. The van der Waals surface area contributed by atoms with Gasteiger partial charge in [0.25, 0.3) is 5.91 Å². The third-order valence-corrected chi connectivity index (χ3v) is 6.04. The van der Waals surface area contributed by atoms with Gasteiger partial charge in [0.1, 0.15) is 0 Å². The Balaban J connectivity index is 0.00000169. The molecular weight excluding hydrogens is 367 g/mol. The zero-order chi connectivity index (χ0) is 15.9. The van der Waals surface area contributed by atoms with Crippen LogP contribution in [0.3, 0.4) is 0 Å². The van der Waals surface area contributed by atoms with Crippen LogP contribution in [0.2, 0.25) is 5.22 Å². The first-order valence-electron chi connectivity index (χ1n) is 7.96. The zero-order valence-electron chi connectivity index (χ0n) is 13.2. The molecule has 1 N–H and O–H groups in total. The smallest absolute Gasteiger partial charge is 0.290 e. The number of nitrogens with zero attached hydrogens (tertiary/aromatic N) is 1. The Bertz CT molecular complexity index is 695. The standard InChI is InChI=1S/C17H19ClN2O2S.ClH/c18-15-2-1-13(22-15)16(21)20(10-12-3-8-23-11-12)14-9-17(14)4-6-19-7-5-17;/h1-3,8,11,14,19H,4-7,9-10H2;1H. The van der Waals surface area contributed by atoms with Crippen LogP contribution in [0.5, 0.6) is 0 Å². The van der Waals surface area contributed by atoms with Crippen molar-refractivity contribution >= 4 is 41.3 Å². The third-order valence-electron chi connectivity index (χ3n) is 5.10. The van der Waals surface area contributed by atoms with E-state index in [-0.39, 0.29) is 23.5 Å². The van der Waals surface area contributed by atoms with Crippen molar-refractivity contribution in [2.24, 2.45) is 5.41 Å². The molecule has 1 saturated heterocycles. The minimum atomic E-state index is -0.0523. The molecule has 2 aromatic rings. The normalized spacial score (nSPS) is 21.3. The summed E-state index contributed by atoms with van der Waals surface area (Å²) in [5.41, 5.74) is 1.48. The maximum atomic E-state index is 13.0. The van der Waals surface area contributed by atoms with Gasteiger partial charge in [-0.3, -0.25) is 4.79 Å². The SMILES string of the molecule is Cl.O=C(c1ccc(Cl)o1)N(Cc1ccsc1)C1CC12CCNCC2. The lowest BCUT2D eigenvalue weighted by atomic mass is 9.93. The lowest BCUT2D eigenvalue weighted by Crippen LogP contribution is -2.39. The van der Waals surface area contributed by atoms with E-state index >= 15 is 0 Å². The first kappa shape index (κ1) is 17.8. The second kappa shape index (κ2) is 7.08. The van der Waals surface area contributed by atoms with E-state index in [1.54, 1.807) is 23.5 Å². The molecule has 2 aromatic heterocycles. The highest BCUT2D eigenvalue weighted by Crippen LogP contribution is 2.56. The average molecular weight is 387 g/mol. The molecule has 1 aliphatic carbocycles. The van der Waals surface area contributed by atoms with E-state index < -0.39 is 0 Å². The summed E-state index contributed by atoms with van der Waals surface area (Å²) in [5.74, 6) is 0.282. The Kier molecular flexibility index (Phi) is 5.25. The minimum Gasteiger partial charge on any atom is -0.440 e. The Hall–Kier alpha value is -1.01. The Morgan fingerprint density at radius 2 is 2.17 bits per heavy atom. The van der Waals surface area contributed by atoms with Crippen molar-refractivity contribution in [1.29, 1.82) is 0 Å². The maximum Gasteiger partial charge on any atom is 0.290 e. The van der Waals surface area contributed by atoms with E-state index in [0.29, 0.717) is 23.8 Å². The second-order valence-electron chi connectivity index (χ2n) is 6.50. The topological polar surface area (TPSA) is 45.5 Å². The molecule has 1 amide bonds. The summed E-state index contributed by atoms with van der Waals surface area (Å²) in [7, 11) is 0. The van der Waals surface area contributed by atoms with Crippen molar-refractivity contribution in [1.82, 2.24) is 10.2 Å². The number of carbonyl (C=O) groups is 1. The Morgan fingerprint density at radius 3 is 2.79 bits per heavy atom. The van der Waals surface area contributed by atoms with Gasteiger partial charge in [0, 0.05) is 12.6 Å². The van der Waals surface area contributed by atoms with E-state index in [0.717, 1.165) is 32.4 Å². The number of hydrogen-bond acceptors (Lipinski definition) is 4. The molecule has 1 spiro atoms. The third kappa shape index (κ3) is 3.36. The fourth-order valence-corrected chi connectivity index (χ4v) is 4.51. The van der Waals surface area contributed by atoms with Gasteiger partial charge in [-0.15, -0.1) is 12.4 Å². The predicted molar refractivity (Wildman–Crippen MR) is 98.1 cm³/mol. The summed E-state index contributed by atoms with van der Waals surface area (Å²) in [6.45, 7) is 2.73. The van der Waals surface area contributed by atoms with E-state index in [2.05, 4.69) is 22.1 Å². The van der Waals surface area contributed by atoms with Gasteiger partial charge in [-0.2, -0.15) is 11.3 Å². The minimum absolute atomic E-state index is 0. The van der Waals surface area contributed by atoms with Crippen molar-refractivity contribution in [2.45, 2.75) is 31.8 Å². The van der Waals surface area contributed by atoms with Crippen molar-refractivity contribution < 1.29 is 9.21 Å². The number of carbonyl (C=O) groups excluding carboxylic acids is 1. The monoisotopic (exact) mass is 386 g/mol. The number of amides is 1. The van der Waals surface area contributed by atoms with Crippen LogP contribution < -0.4 is 5.32 Å². The summed E-state index contributed by atoms with van der Waals surface area (Å²) >= 11 is 7.51. The molecule has 0 bridgehead atoms. The summed E-state index contributed by atoms with van der Waals surface area (Å²) in [6, 6.07) is 5.69. The molecule has 1 aliphatic heterocycles. The van der Waals surface area contributed by atoms with Crippen LogP contribution in [0.1, 0.15) is 35.4 Å². The van der Waals surface area contributed by atoms with Crippen LogP contribution >= 0.6 is 35.3 Å². The second-order valence-corrected chi connectivity index (χ2v) is 7.65. The molecule has 0 radical (unpaired) electrons. The molecule has 130 valence electrons. The van der Waals surface area contributed by atoms with Gasteiger partial charge in [0.15, 0.2) is 11.0 Å². The van der Waals surface area contributed by atoms with Crippen LogP contribution in [0.15, 0.2) is 33.4 Å². The van der Waals surface area contributed by atoms with Gasteiger partial charge in [0.05, 0.1) is 0 Å². The molecule has 7 heteroatoms. The zero-order valence-corrected chi connectivity index (χ0v) is 15.6. The molecule has 4 rings (SSSR count). The van der Waals surface area contributed by atoms with Crippen molar-refractivity contribution in [3.8, 4) is 0 Å². The van der Waals surface area contributed by atoms with E-state index in [4.69, 9.17) is 16.0 Å². The number of hydrogen-bond donors (Lipinski definition) is 1. The van der Waals surface area contributed by atoms with Gasteiger partial charge in [-0.1, -0.05) is 0 Å². The first-order chi connectivity index (χ1) is 11.2. The molecule has 1 unspecified atom stereocenters. The van der Waals surface area contributed by atoms with Crippen molar-refractivity contribution in [3.63, 3.8) is 0 Å². The number of halogens is 2. The van der Waals surface area contributed by atoms with E-state index in [1.807, 2.05) is 4.90 Å². The summed E-state index contributed by atoms with van der Waals surface area (Å²) in [6.07, 6.45) is 3.38. The van der Waals surface area contributed by atoms with Crippen LogP contribution in [-0.2, 0) is 6.54 Å². The first-order valence-corrected chi connectivity index (χ1v) is 9.28. The Morgan fingerprint density at radius 1 is 1.38 bits per heavy atom. The molecule has 1 saturated carbocycles. The van der Waals surface area contributed by atoms with Gasteiger partial charge < -0.3 is 14.6 Å². The highest BCUT2D eigenvalue weighted by atomic mass is 35.5. The maximum absolute atomic E-state index is 13.0. The summed E-state index contributed by atoms with van der Waals surface area (Å²) < 4.78 is 5.36. The highest BCUT2D eigenvalue weighted by Gasteiger charge is 2.58. The molecule has 4 nitrogen and oxygen atoms in total. The van der Waals surface area contributed by atoms with E-state index in [1.165, 1.54) is 5.56 Å². The summed E-state index contributed by atoms with van der Waals surface area (Å²) in [5, 5.41) is 7.83.